The summed E-state index contributed by atoms with van der Waals surface area (Å²) < 4.78 is 14.0. The number of pyridine rings is 1. The van der Waals surface area contributed by atoms with E-state index in [9.17, 15) is 0 Å². The number of imidazole rings is 1. The molecule has 0 amide bonds. The zero-order chi connectivity index (χ0) is 37.3. The van der Waals surface area contributed by atoms with Gasteiger partial charge in [0.15, 0.2) is 17.4 Å². The Morgan fingerprint density at radius 2 is 1.13 bits per heavy atom. The van der Waals surface area contributed by atoms with Crippen molar-refractivity contribution in [3.63, 3.8) is 0 Å². The molecule has 0 aliphatic heterocycles. The number of hydrogen-bond donors (Lipinski definition) is 0. The van der Waals surface area contributed by atoms with Crippen LogP contribution in [0, 0.1) is 0 Å². The monoisotopic (exact) mass is 697 g/mol. The predicted octanol–water partition coefficient (Wildman–Crippen LogP) is 12.9. The average Bonchev–Trinajstić information content (AvgIpc) is 3.66. The quantitative estimate of drug-likeness (QED) is 0.168. The third-order valence-corrected chi connectivity index (χ3v) is 10.4. The average molecular weight is 698 g/mol. The van der Waals surface area contributed by atoms with Crippen LogP contribution in [0.5, 0.6) is 11.5 Å². The first-order chi connectivity index (χ1) is 25.2. The van der Waals surface area contributed by atoms with Crippen LogP contribution in [0.4, 0.5) is 0 Å². The van der Waals surface area contributed by atoms with Crippen molar-refractivity contribution in [1.82, 2.24) is 18.7 Å². The zero-order valence-electron chi connectivity index (χ0n) is 32.4. The highest BCUT2D eigenvalue weighted by atomic mass is 16.5. The summed E-state index contributed by atoms with van der Waals surface area (Å²) in [6.07, 6.45) is 4.12. The van der Waals surface area contributed by atoms with Gasteiger partial charge in [-0.15, -0.1) is 0 Å². The number of ether oxygens (including phenoxy) is 1. The first-order valence-corrected chi connectivity index (χ1v) is 18.6. The number of para-hydroxylation sites is 4. The normalized spacial score (nSPS) is 12.6. The highest BCUT2D eigenvalue weighted by Gasteiger charge is 2.26. The minimum absolute atomic E-state index is 0.00862. The number of aromatic nitrogens is 4. The largest absolute Gasteiger partial charge is 0.456 e. The molecule has 0 aliphatic rings. The van der Waals surface area contributed by atoms with E-state index in [0.717, 1.165) is 56.3 Å². The lowest BCUT2D eigenvalue weighted by Gasteiger charge is -2.25. The van der Waals surface area contributed by atoms with Gasteiger partial charge in [0, 0.05) is 52.9 Å². The molecule has 0 saturated carbocycles. The molecule has 5 aromatic carbocycles. The Morgan fingerprint density at radius 3 is 1.79 bits per heavy atom. The molecular formula is C48H49N4O+. The molecule has 0 radical (unpaired) electrons. The molecular weight excluding hydrogens is 649 g/mol. The van der Waals surface area contributed by atoms with Crippen LogP contribution in [0.3, 0.4) is 0 Å². The van der Waals surface area contributed by atoms with Crippen LogP contribution in [0.15, 0.2) is 134 Å². The van der Waals surface area contributed by atoms with E-state index in [2.05, 4.69) is 204 Å². The molecule has 8 aromatic rings. The van der Waals surface area contributed by atoms with Gasteiger partial charge in [-0.05, 0) is 69.8 Å². The summed E-state index contributed by atoms with van der Waals surface area (Å²) >= 11 is 0. The van der Waals surface area contributed by atoms with E-state index in [1.54, 1.807) is 0 Å². The summed E-state index contributed by atoms with van der Waals surface area (Å²) in [5, 5.41) is 2.39. The van der Waals surface area contributed by atoms with Crippen molar-refractivity contribution in [3.8, 4) is 28.7 Å². The zero-order valence-corrected chi connectivity index (χ0v) is 32.4. The van der Waals surface area contributed by atoms with E-state index in [1.807, 2.05) is 6.20 Å². The van der Waals surface area contributed by atoms with Gasteiger partial charge in [0.1, 0.15) is 28.7 Å². The fourth-order valence-electron chi connectivity index (χ4n) is 7.37. The molecule has 0 bridgehead atoms. The molecule has 266 valence electrons. The lowest BCUT2D eigenvalue weighted by atomic mass is 9.85. The smallest absolute Gasteiger partial charge is 0.168 e. The van der Waals surface area contributed by atoms with Gasteiger partial charge in [-0.1, -0.05) is 111 Å². The maximum Gasteiger partial charge on any atom is 0.168 e. The Morgan fingerprint density at radius 1 is 0.509 bits per heavy atom. The summed E-state index contributed by atoms with van der Waals surface area (Å²) in [5.41, 5.74) is 9.92. The molecule has 0 aliphatic carbocycles. The van der Waals surface area contributed by atoms with Gasteiger partial charge >= 0.3 is 0 Å². The van der Waals surface area contributed by atoms with Crippen molar-refractivity contribution < 1.29 is 4.74 Å². The van der Waals surface area contributed by atoms with Crippen molar-refractivity contribution in [2.75, 3.05) is 0 Å². The van der Waals surface area contributed by atoms with Gasteiger partial charge in [0.25, 0.3) is 0 Å². The van der Waals surface area contributed by atoms with Crippen LogP contribution < -0.4 is 4.74 Å². The van der Waals surface area contributed by atoms with Crippen molar-refractivity contribution in [2.24, 2.45) is 0 Å². The third kappa shape index (κ3) is 6.28. The Bertz CT molecular complexity index is 2640. The summed E-state index contributed by atoms with van der Waals surface area (Å²) in [4.78, 5) is 4.93. The molecule has 0 saturated heterocycles. The molecule has 5 nitrogen and oxygen atoms in total. The Kier molecular flexibility index (Phi) is 8.10. The lowest BCUT2D eigenvalue weighted by Crippen LogP contribution is -2.14. The van der Waals surface area contributed by atoms with Gasteiger partial charge < -0.3 is 4.74 Å². The molecule has 0 unspecified atom stereocenters. The van der Waals surface area contributed by atoms with Gasteiger partial charge in [0.2, 0.25) is 0 Å². The topological polar surface area (TPSA) is 36.9 Å². The Hall–Kier alpha value is -5.68. The second-order valence-electron chi connectivity index (χ2n) is 17.4. The second-order valence-corrected chi connectivity index (χ2v) is 17.4. The highest BCUT2D eigenvalue weighted by molar-refractivity contribution is 6.10. The SMILES string of the molecule is CC(C)(C)c1cc(Oc2cc3c(cc2C(C)(C)C)c2ccccc2n3-c2cc(C(C)(C)C)ccn2)cc(-n2[cH+]n(-c3ccccc3)c3ccccc32)c1. The van der Waals surface area contributed by atoms with Crippen molar-refractivity contribution >= 4 is 32.8 Å². The van der Waals surface area contributed by atoms with E-state index in [4.69, 9.17) is 9.72 Å². The van der Waals surface area contributed by atoms with Gasteiger partial charge in [0.05, 0.1) is 11.0 Å². The van der Waals surface area contributed by atoms with Crippen molar-refractivity contribution in [2.45, 2.75) is 78.6 Å². The molecule has 5 heteroatoms. The van der Waals surface area contributed by atoms with E-state index < -0.39 is 0 Å². The summed E-state index contributed by atoms with van der Waals surface area (Å²) in [6, 6.07) is 43.4. The maximum atomic E-state index is 7.16. The molecule has 53 heavy (non-hydrogen) atoms. The van der Waals surface area contributed by atoms with Crippen LogP contribution in [-0.2, 0) is 16.2 Å². The molecule has 0 atom stereocenters. The summed E-state index contributed by atoms with van der Waals surface area (Å²) in [7, 11) is 0. The van der Waals surface area contributed by atoms with E-state index in [-0.39, 0.29) is 16.2 Å². The second kappa shape index (κ2) is 12.5. The molecule has 8 rings (SSSR count). The van der Waals surface area contributed by atoms with Crippen LogP contribution in [0.2, 0.25) is 0 Å². The predicted molar refractivity (Wildman–Crippen MR) is 222 cm³/mol. The minimum atomic E-state index is -0.181. The molecule has 3 aromatic heterocycles. The van der Waals surface area contributed by atoms with Gasteiger partial charge in [-0.3, -0.25) is 4.57 Å². The number of hydrogen-bond acceptors (Lipinski definition) is 2. The van der Waals surface area contributed by atoms with Crippen molar-refractivity contribution in [3.05, 3.63) is 151 Å². The fourth-order valence-corrected chi connectivity index (χ4v) is 7.37. The first kappa shape index (κ1) is 34.4. The van der Waals surface area contributed by atoms with Crippen LogP contribution in [-0.4, -0.2) is 18.7 Å². The number of fused-ring (bicyclic) bond motifs is 4. The lowest BCUT2D eigenvalue weighted by molar-refractivity contribution is 0.453. The van der Waals surface area contributed by atoms with E-state index in [0.29, 0.717) is 0 Å². The molecule has 3 heterocycles. The van der Waals surface area contributed by atoms with Crippen LogP contribution in [0.1, 0.15) is 79.0 Å². The van der Waals surface area contributed by atoms with Crippen LogP contribution >= 0.6 is 0 Å². The third-order valence-electron chi connectivity index (χ3n) is 10.4. The fraction of sp³-hybridized carbons (Fsp3) is 0.250. The molecule has 0 spiro atoms. The number of benzene rings is 5. The van der Waals surface area contributed by atoms with E-state index >= 15 is 0 Å². The standard InChI is InChI=1S/C48H49N4O/c1-46(2,3)32-23-24-49-45(27-32)52-40-20-14-13-19-37(40)38-29-39(48(7,8)9)44(30-43(38)52)53-36-26-33(47(4,5)6)25-35(28-36)51-31-50(34-17-11-10-12-18-34)41-21-15-16-22-42(41)51/h10-31H,1-9H3/q+1. The van der Waals surface area contributed by atoms with Crippen LogP contribution in [0.25, 0.3) is 50.0 Å². The molecule has 0 fully saturated rings. The Labute approximate surface area is 313 Å². The summed E-state index contributed by atoms with van der Waals surface area (Å²) in [6.45, 7) is 20.3. The van der Waals surface area contributed by atoms with Gasteiger partial charge in [-0.25, -0.2) is 4.98 Å². The first-order valence-electron chi connectivity index (χ1n) is 18.6. The highest BCUT2D eigenvalue weighted by Crippen LogP contribution is 2.43. The molecule has 0 N–H and O–H groups in total. The maximum absolute atomic E-state index is 7.16. The van der Waals surface area contributed by atoms with E-state index in [1.165, 1.54) is 21.9 Å². The summed E-state index contributed by atoms with van der Waals surface area (Å²) in [5.74, 6) is 2.55. The number of rotatable bonds is 5. The Balaban J connectivity index is 1.34. The number of nitrogens with zero attached hydrogens (tertiary/aromatic N) is 4. The van der Waals surface area contributed by atoms with Crippen molar-refractivity contribution in [1.29, 1.82) is 0 Å². The minimum Gasteiger partial charge on any atom is -0.456 e. The van der Waals surface area contributed by atoms with Gasteiger partial charge in [-0.2, -0.15) is 9.13 Å².